The van der Waals surface area contributed by atoms with Gasteiger partial charge in [-0.1, -0.05) is 68.4 Å². The van der Waals surface area contributed by atoms with Crippen LogP contribution in [0.3, 0.4) is 0 Å². The molecule has 0 atom stereocenters. The van der Waals surface area contributed by atoms with Crippen molar-refractivity contribution in [3.05, 3.63) is 107 Å². The highest BCUT2D eigenvalue weighted by Crippen LogP contribution is 2.48. The Kier molecular flexibility index (Phi) is 5.40. The van der Waals surface area contributed by atoms with Gasteiger partial charge < -0.3 is 0 Å². The van der Waals surface area contributed by atoms with E-state index in [4.69, 9.17) is 9.97 Å². The third-order valence-corrected chi connectivity index (χ3v) is 8.73. The number of aryl methyl sites for hydroxylation is 1. The molecule has 0 unspecified atom stereocenters. The molecule has 6 aromatic rings. The second kappa shape index (κ2) is 8.93. The molecule has 0 saturated carbocycles. The number of fused-ring (bicyclic) bond motifs is 6. The third kappa shape index (κ3) is 3.77. The Morgan fingerprint density at radius 1 is 0.784 bits per heavy atom. The van der Waals surface area contributed by atoms with Gasteiger partial charge in [-0.25, -0.2) is 0 Å². The van der Waals surface area contributed by atoms with Gasteiger partial charge in [0, 0.05) is 44.2 Å². The van der Waals surface area contributed by atoms with E-state index in [0.29, 0.717) is 5.92 Å². The number of hydrogen-bond donors (Lipinski definition) is 0. The number of thiophene rings is 1. The number of benzene rings is 3. The lowest BCUT2D eigenvalue weighted by Crippen LogP contribution is -2.09. The lowest BCUT2D eigenvalue weighted by molar-refractivity contribution is 0.629. The van der Waals surface area contributed by atoms with E-state index in [9.17, 15) is 0 Å². The molecule has 0 spiro atoms. The predicted molar refractivity (Wildman–Crippen MR) is 157 cm³/mol. The molecule has 180 valence electrons. The van der Waals surface area contributed by atoms with Crippen molar-refractivity contribution in [3.8, 4) is 33.5 Å². The summed E-state index contributed by atoms with van der Waals surface area (Å²) in [7, 11) is 0. The Morgan fingerprint density at radius 2 is 1.59 bits per heavy atom. The maximum absolute atomic E-state index is 5.03. The summed E-state index contributed by atoms with van der Waals surface area (Å²) < 4.78 is 1.32. The lowest BCUT2D eigenvalue weighted by Gasteiger charge is -2.21. The summed E-state index contributed by atoms with van der Waals surface area (Å²) in [4.78, 5) is 11.3. The first-order valence-electron chi connectivity index (χ1n) is 13.1. The minimum atomic E-state index is 0.589. The van der Waals surface area contributed by atoms with Crippen molar-refractivity contribution in [1.29, 1.82) is 0 Å². The summed E-state index contributed by atoms with van der Waals surface area (Å²) in [6.45, 7) is 4.56. The highest BCUT2D eigenvalue weighted by molar-refractivity contribution is 7.19. The van der Waals surface area contributed by atoms with Crippen molar-refractivity contribution < 1.29 is 0 Å². The molecule has 3 heteroatoms. The van der Waals surface area contributed by atoms with E-state index in [1.807, 2.05) is 23.7 Å². The Bertz CT molecular complexity index is 1780. The monoisotopic (exact) mass is 496 g/mol. The summed E-state index contributed by atoms with van der Waals surface area (Å²) in [5.41, 5.74) is 10.2. The van der Waals surface area contributed by atoms with Crippen molar-refractivity contribution >= 4 is 32.2 Å². The van der Waals surface area contributed by atoms with Crippen molar-refractivity contribution in [2.75, 3.05) is 0 Å². The van der Waals surface area contributed by atoms with Gasteiger partial charge in [0.1, 0.15) is 0 Å². The summed E-state index contributed by atoms with van der Waals surface area (Å²) in [6, 6.07) is 28.5. The molecule has 2 nitrogen and oxygen atoms in total. The van der Waals surface area contributed by atoms with Crippen LogP contribution in [0.2, 0.25) is 0 Å². The molecular formula is C34H28N2S. The summed E-state index contributed by atoms with van der Waals surface area (Å²) >= 11 is 1.94. The normalized spacial score (nSPS) is 12.7. The zero-order valence-electron chi connectivity index (χ0n) is 21.2. The number of nitrogens with zero attached hydrogens (tertiary/aromatic N) is 2. The van der Waals surface area contributed by atoms with Crippen LogP contribution in [0.1, 0.15) is 30.0 Å². The molecule has 3 heterocycles. The second-order valence-electron chi connectivity index (χ2n) is 10.4. The maximum Gasteiger partial charge on any atom is 0.0795 e. The summed E-state index contributed by atoms with van der Waals surface area (Å²) in [6.07, 6.45) is 7.16. The van der Waals surface area contributed by atoms with Crippen LogP contribution in [0, 0.1) is 5.92 Å². The van der Waals surface area contributed by atoms with E-state index in [1.165, 1.54) is 64.8 Å². The molecular weight excluding hydrogens is 468 g/mol. The predicted octanol–water partition coefficient (Wildman–Crippen LogP) is 9.14. The Morgan fingerprint density at radius 3 is 2.46 bits per heavy atom. The number of aromatic nitrogens is 2. The largest absolute Gasteiger partial charge is 0.261 e. The minimum absolute atomic E-state index is 0.589. The van der Waals surface area contributed by atoms with E-state index in [0.717, 1.165) is 25.0 Å². The standard InChI is InChI=1S/C34H28N2S/c1-21(2)18-29-26-12-13-30-32(27(26)14-16-35-29)33-31(37-30)15-17-36-34(33)24-19-23-10-6-7-11-25(23)28(20-24)22-8-4-3-5-9-22/h3-11,14-17,19-21H,12-13,18H2,1-2H3. The zero-order valence-corrected chi connectivity index (χ0v) is 22.0. The average molecular weight is 497 g/mol. The molecule has 37 heavy (non-hydrogen) atoms. The smallest absolute Gasteiger partial charge is 0.0795 e. The van der Waals surface area contributed by atoms with Crippen LogP contribution < -0.4 is 0 Å². The van der Waals surface area contributed by atoms with Gasteiger partial charge >= 0.3 is 0 Å². The fourth-order valence-corrected chi connectivity index (χ4v) is 7.14. The summed E-state index contributed by atoms with van der Waals surface area (Å²) in [5.74, 6) is 0.589. The molecule has 0 radical (unpaired) electrons. The van der Waals surface area contributed by atoms with E-state index >= 15 is 0 Å². The Labute approximate surface area is 221 Å². The first-order valence-corrected chi connectivity index (χ1v) is 13.9. The number of rotatable bonds is 4. The first-order chi connectivity index (χ1) is 18.2. The van der Waals surface area contributed by atoms with Crippen LogP contribution in [-0.2, 0) is 19.3 Å². The van der Waals surface area contributed by atoms with Gasteiger partial charge in [0.25, 0.3) is 0 Å². The Hall–Kier alpha value is -3.82. The van der Waals surface area contributed by atoms with Gasteiger partial charge in [0.05, 0.1) is 5.69 Å². The van der Waals surface area contributed by atoms with E-state index in [1.54, 1.807) is 0 Å². The molecule has 0 aliphatic heterocycles. The molecule has 0 saturated heterocycles. The zero-order chi connectivity index (χ0) is 24.9. The highest BCUT2D eigenvalue weighted by Gasteiger charge is 2.26. The molecule has 7 rings (SSSR count). The van der Waals surface area contributed by atoms with Gasteiger partial charge in [-0.15, -0.1) is 11.3 Å². The van der Waals surface area contributed by atoms with Gasteiger partial charge in [-0.3, -0.25) is 9.97 Å². The molecule has 0 bridgehead atoms. The molecule has 1 aliphatic carbocycles. The van der Waals surface area contributed by atoms with Crippen molar-refractivity contribution in [2.24, 2.45) is 5.92 Å². The molecule has 0 amide bonds. The minimum Gasteiger partial charge on any atom is -0.261 e. The highest BCUT2D eigenvalue weighted by atomic mass is 32.1. The van der Waals surface area contributed by atoms with Crippen molar-refractivity contribution in [2.45, 2.75) is 33.1 Å². The van der Waals surface area contributed by atoms with Crippen molar-refractivity contribution in [1.82, 2.24) is 9.97 Å². The van der Waals surface area contributed by atoms with Crippen LogP contribution in [-0.4, -0.2) is 9.97 Å². The van der Waals surface area contributed by atoms with Crippen molar-refractivity contribution in [3.63, 3.8) is 0 Å². The van der Waals surface area contributed by atoms with Gasteiger partial charge in [0.2, 0.25) is 0 Å². The SMILES string of the molecule is CC(C)Cc1nccc2c1CCc1sc3ccnc(-c4cc(-c5ccccc5)c5ccccc5c4)c3c1-2. The second-order valence-corrected chi connectivity index (χ2v) is 11.6. The maximum atomic E-state index is 5.03. The van der Waals surface area contributed by atoms with Gasteiger partial charge in [-0.2, -0.15) is 0 Å². The van der Waals surface area contributed by atoms with Crippen LogP contribution in [0.5, 0.6) is 0 Å². The number of pyridine rings is 2. The number of hydrogen-bond acceptors (Lipinski definition) is 3. The fourth-order valence-electron chi connectivity index (χ4n) is 5.93. The van der Waals surface area contributed by atoms with Crippen LogP contribution in [0.15, 0.2) is 91.3 Å². The quantitative estimate of drug-likeness (QED) is 0.243. The van der Waals surface area contributed by atoms with Crippen LogP contribution >= 0.6 is 11.3 Å². The molecule has 0 N–H and O–H groups in total. The average Bonchev–Trinajstić information content (AvgIpc) is 3.32. The van der Waals surface area contributed by atoms with E-state index in [-0.39, 0.29) is 0 Å². The molecule has 0 fully saturated rings. The van der Waals surface area contributed by atoms with E-state index in [2.05, 4.69) is 92.7 Å². The molecule has 1 aliphatic rings. The lowest BCUT2D eigenvalue weighted by atomic mass is 9.85. The first kappa shape index (κ1) is 22.4. The fraction of sp³-hybridized carbons (Fsp3) is 0.176. The van der Waals surface area contributed by atoms with Gasteiger partial charge in [0.15, 0.2) is 0 Å². The third-order valence-electron chi connectivity index (χ3n) is 7.51. The topological polar surface area (TPSA) is 25.8 Å². The van der Waals surface area contributed by atoms with Gasteiger partial charge in [-0.05, 0) is 82.5 Å². The molecule has 3 aromatic carbocycles. The molecule has 3 aromatic heterocycles. The van der Waals surface area contributed by atoms with Crippen LogP contribution in [0.4, 0.5) is 0 Å². The Balaban J connectivity index is 1.50. The summed E-state index contributed by atoms with van der Waals surface area (Å²) in [5, 5.41) is 3.80. The van der Waals surface area contributed by atoms with E-state index < -0.39 is 0 Å². The van der Waals surface area contributed by atoms with Crippen LogP contribution in [0.25, 0.3) is 54.4 Å².